The van der Waals surface area contributed by atoms with Gasteiger partial charge >= 0.3 is 5.97 Å². The normalized spacial score (nSPS) is 14.2. The Morgan fingerprint density at radius 2 is 1.83 bits per heavy atom. The number of hydrogen-bond acceptors (Lipinski definition) is 5. The molecule has 1 heterocycles. The second kappa shape index (κ2) is 10.8. The highest BCUT2D eigenvalue weighted by Gasteiger charge is 2.39. The van der Waals surface area contributed by atoms with Crippen LogP contribution in [0.1, 0.15) is 61.0 Å². The van der Waals surface area contributed by atoms with Gasteiger partial charge in [0.1, 0.15) is 11.4 Å². The van der Waals surface area contributed by atoms with E-state index in [2.05, 4.69) is 52.2 Å². The molecule has 36 heavy (non-hydrogen) atoms. The van der Waals surface area contributed by atoms with Crippen LogP contribution in [0.25, 0.3) is 10.9 Å². The molecule has 2 unspecified atom stereocenters. The third-order valence-corrected chi connectivity index (χ3v) is 11.9. The van der Waals surface area contributed by atoms with Crippen molar-refractivity contribution < 1.29 is 24.5 Å². The Labute approximate surface area is 214 Å². The zero-order valence-electron chi connectivity index (χ0n) is 22.4. The molecular formula is C28H40N2O5Si. The molecule has 0 aliphatic rings. The van der Waals surface area contributed by atoms with Gasteiger partial charge in [-0.05, 0) is 72.9 Å². The number of aromatic hydroxyl groups is 1. The molecule has 8 heteroatoms. The van der Waals surface area contributed by atoms with Crippen LogP contribution in [0.3, 0.4) is 0 Å². The Hall–Kier alpha value is -2.65. The Morgan fingerprint density at radius 1 is 1.14 bits per heavy atom. The molecule has 1 aromatic heterocycles. The van der Waals surface area contributed by atoms with Gasteiger partial charge in [-0.15, -0.1) is 0 Å². The van der Waals surface area contributed by atoms with Crippen molar-refractivity contribution in [1.29, 1.82) is 0 Å². The number of aliphatic hydroxyl groups is 1. The molecule has 0 amide bonds. The Morgan fingerprint density at radius 3 is 2.44 bits per heavy atom. The number of aryl methyl sites for hydroxylation is 1. The molecule has 3 aromatic rings. The molecule has 0 aliphatic carbocycles. The van der Waals surface area contributed by atoms with Crippen molar-refractivity contribution in [1.82, 2.24) is 9.88 Å². The second-order valence-electron chi connectivity index (χ2n) is 11.2. The van der Waals surface area contributed by atoms with Gasteiger partial charge in [0.2, 0.25) is 0 Å². The van der Waals surface area contributed by atoms with E-state index in [4.69, 9.17) is 4.43 Å². The number of aromatic nitrogens is 1. The van der Waals surface area contributed by atoms with Gasteiger partial charge < -0.3 is 29.6 Å². The summed E-state index contributed by atoms with van der Waals surface area (Å²) in [5.74, 6) is -0.854. The number of rotatable bonds is 10. The number of aromatic carboxylic acids is 1. The number of carbonyl (C=O) groups is 1. The van der Waals surface area contributed by atoms with Gasteiger partial charge in [0.25, 0.3) is 0 Å². The van der Waals surface area contributed by atoms with E-state index in [1.807, 2.05) is 24.3 Å². The molecule has 196 valence electrons. The SMILES string of the molecule is CC(Cc1ccc2c(c1)cc(C(=O)O)n2C)NCC(O[Si](C)(C)C(C)(C)C)c1ccc(O)c(CO)c1. The van der Waals surface area contributed by atoms with E-state index in [1.54, 1.807) is 23.7 Å². The Balaban J connectivity index is 1.77. The summed E-state index contributed by atoms with van der Waals surface area (Å²) in [7, 11) is -0.329. The van der Waals surface area contributed by atoms with Crippen molar-refractivity contribution in [2.75, 3.05) is 6.54 Å². The number of carboxylic acid groups (broad SMARTS) is 1. The summed E-state index contributed by atoms with van der Waals surface area (Å²) in [6.45, 7) is 13.5. The van der Waals surface area contributed by atoms with E-state index in [0.29, 0.717) is 12.1 Å². The maximum Gasteiger partial charge on any atom is 0.352 e. The van der Waals surface area contributed by atoms with Gasteiger partial charge in [-0.25, -0.2) is 4.79 Å². The van der Waals surface area contributed by atoms with E-state index >= 15 is 0 Å². The summed E-state index contributed by atoms with van der Waals surface area (Å²) >= 11 is 0. The van der Waals surface area contributed by atoms with E-state index in [9.17, 15) is 20.1 Å². The van der Waals surface area contributed by atoms with Crippen molar-refractivity contribution in [2.45, 2.75) is 71.0 Å². The van der Waals surface area contributed by atoms with Crippen LogP contribution >= 0.6 is 0 Å². The summed E-state index contributed by atoms with van der Waals surface area (Å²) in [6.07, 6.45) is 0.548. The highest BCUT2D eigenvalue weighted by molar-refractivity contribution is 6.74. The molecule has 0 saturated carbocycles. The molecule has 0 bridgehead atoms. The van der Waals surface area contributed by atoms with Crippen LogP contribution in [-0.4, -0.2) is 46.8 Å². The number of aliphatic hydroxyl groups excluding tert-OH is 1. The van der Waals surface area contributed by atoms with Crippen molar-refractivity contribution in [3.05, 3.63) is 64.8 Å². The molecule has 0 radical (unpaired) electrons. The fraction of sp³-hybridized carbons (Fsp3) is 0.464. The van der Waals surface area contributed by atoms with Crippen LogP contribution in [0.2, 0.25) is 18.1 Å². The predicted octanol–water partition coefficient (Wildman–Crippen LogP) is 5.36. The number of phenols is 1. The third kappa shape index (κ3) is 6.18. The lowest BCUT2D eigenvalue weighted by Crippen LogP contribution is -2.44. The van der Waals surface area contributed by atoms with Gasteiger partial charge in [0, 0.05) is 36.1 Å². The summed E-state index contributed by atoms with van der Waals surface area (Å²) in [5.41, 5.74) is 3.70. The van der Waals surface area contributed by atoms with Crippen molar-refractivity contribution in [3.63, 3.8) is 0 Å². The lowest BCUT2D eigenvalue weighted by molar-refractivity contribution is 0.0687. The van der Waals surface area contributed by atoms with E-state index in [1.165, 1.54) is 0 Å². The molecule has 2 aromatic carbocycles. The standard InChI is InChI=1S/C28H40N2O5Si/c1-18(12-19-8-10-23-21(13-19)15-24(27(33)34)30(23)5)29-16-26(35-36(6,7)28(2,3)4)20-9-11-25(32)22(14-20)17-31/h8-11,13-15,18,26,29,31-32H,12,16-17H2,1-7H3,(H,33,34). The van der Waals surface area contributed by atoms with Gasteiger partial charge in [-0.2, -0.15) is 0 Å². The lowest BCUT2D eigenvalue weighted by atomic mass is 10.0. The zero-order valence-corrected chi connectivity index (χ0v) is 23.4. The summed E-state index contributed by atoms with van der Waals surface area (Å²) in [6, 6.07) is 13.2. The van der Waals surface area contributed by atoms with Crippen LogP contribution in [-0.2, 0) is 24.5 Å². The zero-order chi connectivity index (χ0) is 26.8. The smallest absolute Gasteiger partial charge is 0.352 e. The molecule has 0 spiro atoms. The minimum atomic E-state index is -2.10. The lowest BCUT2D eigenvalue weighted by Gasteiger charge is -2.40. The number of carboxylic acids is 1. The fourth-order valence-electron chi connectivity index (χ4n) is 4.16. The Bertz CT molecular complexity index is 1230. The van der Waals surface area contributed by atoms with E-state index < -0.39 is 14.3 Å². The van der Waals surface area contributed by atoms with Crippen LogP contribution in [0.5, 0.6) is 5.75 Å². The van der Waals surface area contributed by atoms with E-state index in [0.717, 1.165) is 28.5 Å². The summed E-state index contributed by atoms with van der Waals surface area (Å²) in [4.78, 5) is 11.5. The van der Waals surface area contributed by atoms with Gasteiger partial charge in [0.05, 0.1) is 12.7 Å². The first-order valence-corrected chi connectivity index (χ1v) is 15.3. The molecule has 0 fully saturated rings. The number of nitrogens with zero attached hydrogens (tertiary/aromatic N) is 1. The van der Waals surface area contributed by atoms with Gasteiger partial charge in [-0.3, -0.25) is 0 Å². The quantitative estimate of drug-likeness (QED) is 0.273. The minimum absolute atomic E-state index is 0.0352. The maximum atomic E-state index is 11.5. The first-order chi connectivity index (χ1) is 16.7. The summed E-state index contributed by atoms with van der Waals surface area (Å²) in [5, 5.41) is 33.7. The molecular weight excluding hydrogens is 472 g/mol. The maximum absolute atomic E-state index is 11.5. The molecule has 4 N–H and O–H groups in total. The van der Waals surface area contributed by atoms with Gasteiger partial charge in [0.15, 0.2) is 8.32 Å². The Kier molecular flexibility index (Phi) is 8.35. The molecule has 0 aliphatic heterocycles. The molecule has 2 atom stereocenters. The largest absolute Gasteiger partial charge is 0.508 e. The van der Waals surface area contributed by atoms with Crippen molar-refractivity contribution >= 4 is 25.2 Å². The van der Waals surface area contributed by atoms with Crippen molar-refractivity contribution in [3.8, 4) is 5.75 Å². The second-order valence-corrected chi connectivity index (χ2v) is 16.0. The molecule has 7 nitrogen and oxygen atoms in total. The minimum Gasteiger partial charge on any atom is -0.508 e. The summed E-state index contributed by atoms with van der Waals surface area (Å²) < 4.78 is 8.48. The highest BCUT2D eigenvalue weighted by atomic mass is 28.4. The third-order valence-electron chi connectivity index (χ3n) is 7.41. The molecule has 0 saturated heterocycles. The topological polar surface area (TPSA) is 104 Å². The molecule has 3 rings (SSSR count). The number of fused-ring (bicyclic) bond motifs is 1. The van der Waals surface area contributed by atoms with Crippen LogP contribution in [0.15, 0.2) is 42.5 Å². The average Bonchev–Trinajstić information content (AvgIpc) is 3.12. The number of hydrogen-bond donors (Lipinski definition) is 4. The van der Waals surface area contributed by atoms with Crippen LogP contribution in [0.4, 0.5) is 0 Å². The first-order valence-electron chi connectivity index (χ1n) is 12.4. The predicted molar refractivity (Wildman–Crippen MR) is 146 cm³/mol. The van der Waals surface area contributed by atoms with Crippen molar-refractivity contribution in [2.24, 2.45) is 7.05 Å². The highest BCUT2D eigenvalue weighted by Crippen LogP contribution is 2.40. The first kappa shape index (κ1) is 27.9. The fourth-order valence-corrected chi connectivity index (χ4v) is 5.44. The van der Waals surface area contributed by atoms with Crippen LogP contribution < -0.4 is 5.32 Å². The van der Waals surface area contributed by atoms with E-state index in [-0.39, 0.29) is 35.2 Å². The average molecular weight is 513 g/mol. The van der Waals surface area contributed by atoms with Crippen LogP contribution in [0, 0.1) is 0 Å². The number of nitrogens with one attached hydrogen (secondary N) is 1. The number of benzene rings is 2. The monoisotopic (exact) mass is 512 g/mol. The van der Waals surface area contributed by atoms with Gasteiger partial charge in [-0.1, -0.05) is 32.9 Å².